The fraction of sp³-hybridized carbons (Fsp3) is 0.684. The Hall–Kier alpha value is -0.860. The van der Waals surface area contributed by atoms with Crippen LogP contribution in [0.15, 0.2) is 18.2 Å². The Morgan fingerprint density at radius 2 is 1.90 bits per heavy atom. The molecule has 1 fully saturated rings. The largest absolute Gasteiger partial charge is 0.271 e. The van der Waals surface area contributed by atoms with Gasteiger partial charge in [-0.3, -0.25) is 11.3 Å². The maximum atomic E-state index is 5.88. The van der Waals surface area contributed by atoms with Gasteiger partial charge in [-0.25, -0.2) is 0 Å². The van der Waals surface area contributed by atoms with Crippen LogP contribution in [0, 0.1) is 11.3 Å². The second-order valence-electron chi connectivity index (χ2n) is 7.94. The van der Waals surface area contributed by atoms with E-state index in [4.69, 9.17) is 5.84 Å². The topological polar surface area (TPSA) is 38.0 Å². The lowest BCUT2D eigenvalue weighted by molar-refractivity contribution is 0.161. The Labute approximate surface area is 129 Å². The minimum atomic E-state index is 0.431. The van der Waals surface area contributed by atoms with Crippen molar-refractivity contribution in [2.75, 3.05) is 0 Å². The fourth-order valence-corrected chi connectivity index (χ4v) is 4.19. The van der Waals surface area contributed by atoms with E-state index in [1.807, 2.05) is 0 Å². The van der Waals surface area contributed by atoms with Crippen LogP contribution in [-0.4, -0.2) is 6.04 Å². The molecule has 2 heteroatoms. The van der Waals surface area contributed by atoms with Gasteiger partial charge in [-0.2, -0.15) is 0 Å². The van der Waals surface area contributed by atoms with Crippen molar-refractivity contribution in [3.05, 3.63) is 34.9 Å². The Morgan fingerprint density at radius 1 is 1.19 bits per heavy atom. The first-order valence-electron chi connectivity index (χ1n) is 8.64. The Morgan fingerprint density at radius 3 is 2.62 bits per heavy atom. The molecular weight excluding hydrogens is 256 g/mol. The predicted octanol–water partition coefficient (Wildman–Crippen LogP) is 3.77. The molecule has 21 heavy (non-hydrogen) atoms. The summed E-state index contributed by atoms with van der Waals surface area (Å²) in [5, 5.41) is 0. The molecule has 0 amide bonds. The van der Waals surface area contributed by atoms with E-state index in [-0.39, 0.29) is 0 Å². The van der Waals surface area contributed by atoms with Crippen LogP contribution in [0.4, 0.5) is 0 Å². The van der Waals surface area contributed by atoms with Crippen LogP contribution in [0.2, 0.25) is 0 Å². The summed E-state index contributed by atoms with van der Waals surface area (Å²) in [6.07, 6.45) is 10.2. The molecule has 2 aliphatic rings. The molecule has 3 rings (SSSR count). The monoisotopic (exact) mass is 286 g/mol. The molecule has 0 aromatic heterocycles. The van der Waals surface area contributed by atoms with Gasteiger partial charge in [0.05, 0.1) is 0 Å². The van der Waals surface area contributed by atoms with Crippen molar-refractivity contribution in [3.63, 3.8) is 0 Å². The zero-order valence-electron chi connectivity index (χ0n) is 13.6. The first-order chi connectivity index (χ1) is 10.1. The highest BCUT2D eigenvalue weighted by molar-refractivity contribution is 5.35. The van der Waals surface area contributed by atoms with Crippen LogP contribution in [0.25, 0.3) is 0 Å². The van der Waals surface area contributed by atoms with Crippen LogP contribution in [-0.2, 0) is 19.3 Å². The van der Waals surface area contributed by atoms with Crippen molar-refractivity contribution in [1.82, 2.24) is 5.43 Å². The van der Waals surface area contributed by atoms with Crippen LogP contribution in [0.5, 0.6) is 0 Å². The lowest BCUT2D eigenvalue weighted by atomic mass is 9.70. The molecule has 1 aromatic carbocycles. The maximum absolute atomic E-state index is 5.88. The van der Waals surface area contributed by atoms with Gasteiger partial charge in [0.25, 0.3) is 0 Å². The van der Waals surface area contributed by atoms with Gasteiger partial charge < -0.3 is 0 Å². The SMILES string of the molecule is CC1(C)CCC(C(Cc2ccc3c(c2)CCC3)NN)CC1. The summed E-state index contributed by atoms with van der Waals surface area (Å²) in [5.74, 6) is 6.61. The Kier molecular flexibility index (Phi) is 4.37. The highest BCUT2D eigenvalue weighted by atomic mass is 15.2. The average Bonchev–Trinajstić information content (AvgIpc) is 2.92. The summed E-state index contributed by atoms with van der Waals surface area (Å²) in [4.78, 5) is 0. The molecule has 2 aliphatic carbocycles. The van der Waals surface area contributed by atoms with Gasteiger partial charge in [-0.15, -0.1) is 0 Å². The third-order valence-corrected chi connectivity index (χ3v) is 5.79. The Balaban J connectivity index is 1.65. The molecule has 3 N–H and O–H groups in total. The standard InChI is InChI=1S/C19H30N2/c1-19(2)10-8-16(9-11-19)18(21-20)13-14-6-7-15-4-3-5-17(15)12-14/h6-7,12,16,18,21H,3-5,8-11,13,20H2,1-2H3. The lowest BCUT2D eigenvalue weighted by Crippen LogP contribution is -2.44. The van der Waals surface area contributed by atoms with E-state index in [2.05, 4.69) is 37.5 Å². The summed E-state index contributed by atoms with van der Waals surface area (Å²) in [6.45, 7) is 4.79. The molecule has 1 unspecified atom stereocenters. The normalized spacial score (nSPS) is 23.0. The van der Waals surface area contributed by atoms with Crippen LogP contribution in [0.1, 0.15) is 62.6 Å². The predicted molar refractivity (Wildman–Crippen MR) is 89.0 cm³/mol. The minimum Gasteiger partial charge on any atom is -0.271 e. The number of hydrazine groups is 1. The van der Waals surface area contributed by atoms with Crippen LogP contribution >= 0.6 is 0 Å². The molecule has 1 aromatic rings. The van der Waals surface area contributed by atoms with Gasteiger partial charge in [-0.1, -0.05) is 32.0 Å². The van der Waals surface area contributed by atoms with Crippen LogP contribution in [0.3, 0.4) is 0 Å². The maximum Gasteiger partial charge on any atom is 0.0279 e. The van der Waals surface area contributed by atoms with Gasteiger partial charge in [0.1, 0.15) is 0 Å². The lowest BCUT2D eigenvalue weighted by Gasteiger charge is -2.38. The number of rotatable bonds is 4. The third-order valence-electron chi connectivity index (χ3n) is 5.79. The fourth-order valence-electron chi connectivity index (χ4n) is 4.19. The molecule has 0 bridgehead atoms. The molecule has 0 aliphatic heterocycles. The highest BCUT2D eigenvalue weighted by Crippen LogP contribution is 2.39. The molecule has 0 spiro atoms. The van der Waals surface area contributed by atoms with Crippen LogP contribution < -0.4 is 11.3 Å². The van der Waals surface area contributed by atoms with Crippen molar-refractivity contribution in [2.24, 2.45) is 17.2 Å². The first-order valence-corrected chi connectivity index (χ1v) is 8.64. The van der Waals surface area contributed by atoms with E-state index in [9.17, 15) is 0 Å². The quantitative estimate of drug-likeness (QED) is 0.653. The van der Waals surface area contributed by atoms with E-state index >= 15 is 0 Å². The number of hydrogen-bond donors (Lipinski definition) is 2. The van der Waals surface area contributed by atoms with Crippen molar-refractivity contribution in [1.29, 1.82) is 0 Å². The zero-order chi connectivity index (χ0) is 14.9. The summed E-state index contributed by atoms with van der Waals surface area (Å²) < 4.78 is 0. The molecule has 0 radical (unpaired) electrons. The first kappa shape index (κ1) is 15.1. The smallest absolute Gasteiger partial charge is 0.0279 e. The molecule has 2 nitrogen and oxygen atoms in total. The highest BCUT2D eigenvalue weighted by Gasteiger charge is 2.31. The second kappa shape index (κ2) is 6.10. The zero-order valence-corrected chi connectivity index (χ0v) is 13.6. The molecular formula is C19H30N2. The van der Waals surface area contributed by atoms with Gasteiger partial charge in [0, 0.05) is 6.04 Å². The average molecular weight is 286 g/mol. The number of aryl methyl sites for hydroxylation is 2. The van der Waals surface area contributed by atoms with Crippen molar-refractivity contribution in [2.45, 2.75) is 71.3 Å². The van der Waals surface area contributed by atoms with Crippen molar-refractivity contribution < 1.29 is 0 Å². The summed E-state index contributed by atoms with van der Waals surface area (Å²) in [6, 6.07) is 7.52. The minimum absolute atomic E-state index is 0.431. The molecule has 0 heterocycles. The summed E-state index contributed by atoms with van der Waals surface area (Å²) in [7, 11) is 0. The summed E-state index contributed by atoms with van der Waals surface area (Å²) in [5.41, 5.74) is 8.25. The number of nitrogens with two attached hydrogens (primary N) is 1. The summed E-state index contributed by atoms with van der Waals surface area (Å²) >= 11 is 0. The van der Waals surface area contributed by atoms with E-state index in [1.54, 1.807) is 11.1 Å². The van der Waals surface area contributed by atoms with E-state index < -0.39 is 0 Å². The van der Waals surface area contributed by atoms with E-state index in [0.29, 0.717) is 11.5 Å². The van der Waals surface area contributed by atoms with Gasteiger partial charge in [-0.05, 0) is 79.4 Å². The molecule has 0 saturated heterocycles. The number of fused-ring (bicyclic) bond motifs is 1. The molecule has 1 saturated carbocycles. The molecule has 116 valence electrons. The van der Waals surface area contributed by atoms with Gasteiger partial charge in [0.2, 0.25) is 0 Å². The molecule has 1 atom stereocenters. The second-order valence-corrected chi connectivity index (χ2v) is 7.94. The van der Waals surface area contributed by atoms with Crippen molar-refractivity contribution in [3.8, 4) is 0 Å². The third kappa shape index (κ3) is 3.49. The van der Waals surface area contributed by atoms with E-state index in [1.165, 1.54) is 50.5 Å². The number of nitrogens with one attached hydrogen (secondary N) is 1. The van der Waals surface area contributed by atoms with Gasteiger partial charge in [0.15, 0.2) is 0 Å². The number of hydrogen-bond acceptors (Lipinski definition) is 2. The van der Waals surface area contributed by atoms with Gasteiger partial charge >= 0.3 is 0 Å². The number of benzene rings is 1. The Bertz CT molecular complexity index is 482. The van der Waals surface area contributed by atoms with E-state index in [0.717, 1.165) is 12.3 Å². The van der Waals surface area contributed by atoms with Crippen molar-refractivity contribution >= 4 is 0 Å².